The van der Waals surface area contributed by atoms with Crippen LogP contribution in [0.3, 0.4) is 0 Å². The van der Waals surface area contributed by atoms with Gasteiger partial charge in [0.25, 0.3) is 5.69 Å². The molecule has 0 spiro atoms. The largest absolute Gasteiger partial charge is 0.486 e. The molecule has 2 N–H and O–H groups in total. The average molecular weight is 443 g/mol. The van der Waals surface area contributed by atoms with E-state index in [4.69, 9.17) is 15.1 Å². The first-order valence-electron chi connectivity index (χ1n) is 8.77. The average Bonchev–Trinajstić information content (AvgIpc) is 3.39. The van der Waals surface area contributed by atoms with Crippen molar-refractivity contribution in [1.82, 2.24) is 25.0 Å². The summed E-state index contributed by atoms with van der Waals surface area (Å²) in [5.41, 5.74) is 0.567. The van der Waals surface area contributed by atoms with Gasteiger partial charge in [-0.25, -0.2) is 9.07 Å². The number of hydrogen-bond acceptors (Lipinski definition) is 10. The number of aromatic nitrogens is 5. The van der Waals surface area contributed by atoms with E-state index in [0.29, 0.717) is 34.0 Å². The van der Waals surface area contributed by atoms with Gasteiger partial charge in [-0.15, -0.1) is 10.2 Å². The Balaban J connectivity index is 1.35. The van der Waals surface area contributed by atoms with Crippen LogP contribution in [-0.4, -0.2) is 29.9 Å². The Bertz CT molecular complexity index is 1190. The van der Waals surface area contributed by atoms with Crippen LogP contribution in [0.5, 0.6) is 5.75 Å². The molecule has 0 aliphatic heterocycles. The summed E-state index contributed by atoms with van der Waals surface area (Å²) in [4.78, 5) is 14.5. The van der Waals surface area contributed by atoms with Crippen LogP contribution in [0, 0.1) is 15.9 Å². The molecule has 2 aromatic heterocycles. The first-order chi connectivity index (χ1) is 15.0. The molecule has 0 aliphatic rings. The Morgan fingerprint density at radius 2 is 1.90 bits per heavy atom. The zero-order valence-electron chi connectivity index (χ0n) is 15.7. The Kier molecular flexibility index (Phi) is 5.75. The fourth-order valence-corrected chi connectivity index (χ4v) is 3.18. The number of hydrogen-bond donors (Lipinski definition) is 1. The molecule has 0 bridgehead atoms. The number of nitrogens with zero attached hydrogens (tertiary/aromatic N) is 6. The number of non-ortho nitro benzene ring substituents is 1. The molecule has 0 aliphatic carbocycles. The molecule has 31 heavy (non-hydrogen) atoms. The van der Waals surface area contributed by atoms with Gasteiger partial charge in [0.2, 0.25) is 16.9 Å². The number of rotatable bonds is 8. The van der Waals surface area contributed by atoms with Gasteiger partial charge in [-0.05, 0) is 36.4 Å². The van der Waals surface area contributed by atoms with Crippen molar-refractivity contribution >= 4 is 17.4 Å². The second-order valence-electron chi connectivity index (χ2n) is 6.12. The molecule has 158 valence electrons. The first-order valence-corrected chi connectivity index (χ1v) is 9.76. The molecular weight excluding hydrogens is 429 g/mol. The minimum absolute atomic E-state index is 0.0236. The molecule has 4 rings (SSSR count). The number of nitro groups is 1. The van der Waals surface area contributed by atoms with Crippen LogP contribution in [-0.2, 0) is 12.4 Å². The summed E-state index contributed by atoms with van der Waals surface area (Å²) in [6, 6.07) is 11.4. The van der Waals surface area contributed by atoms with E-state index in [2.05, 4.69) is 20.3 Å². The van der Waals surface area contributed by atoms with E-state index < -0.39 is 4.92 Å². The van der Waals surface area contributed by atoms with Crippen molar-refractivity contribution in [3.63, 3.8) is 0 Å². The molecule has 0 amide bonds. The van der Waals surface area contributed by atoms with Crippen molar-refractivity contribution in [2.24, 2.45) is 0 Å². The molecular formula is C18H14FN7O4S. The lowest BCUT2D eigenvalue weighted by Crippen LogP contribution is -2.15. The standard InChI is InChI=1S/C18H14FN7O4S/c19-12-3-7-14(8-4-12)29-9-15-22-23-18(25(15)20)31-10-16-21-17(24-30-16)11-1-5-13(6-2-11)26(27)28/h1-8H,9-10,20H2. The SMILES string of the molecule is Nn1c(COc2ccc(F)cc2)nnc1SCc1nc(-c2ccc([N+](=O)[O-])cc2)no1. The van der Waals surface area contributed by atoms with Crippen molar-refractivity contribution in [2.45, 2.75) is 17.5 Å². The Labute approximate surface area is 178 Å². The lowest BCUT2D eigenvalue weighted by atomic mass is 10.2. The predicted octanol–water partition coefficient (Wildman–Crippen LogP) is 2.96. The van der Waals surface area contributed by atoms with Gasteiger partial charge in [0.15, 0.2) is 5.82 Å². The van der Waals surface area contributed by atoms with Crippen molar-refractivity contribution < 1.29 is 18.6 Å². The maximum absolute atomic E-state index is 12.9. The number of halogens is 1. The lowest BCUT2D eigenvalue weighted by Gasteiger charge is -2.05. The van der Waals surface area contributed by atoms with Crippen molar-refractivity contribution in [1.29, 1.82) is 0 Å². The van der Waals surface area contributed by atoms with Crippen LogP contribution in [0.1, 0.15) is 11.7 Å². The zero-order chi connectivity index (χ0) is 21.8. The Morgan fingerprint density at radius 3 is 2.61 bits per heavy atom. The number of nitrogens with two attached hydrogens (primary N) is 1. The maximum Gasteiger partial charge on any atom is 0.269 e. The van der Waals surface area contributed by atoms with E-state index >= 15 is 0 Å². The normalized spacial score (nSPS) is 10.9. The minimum atomic E-state index is -0.482. The molecule has 13 heteroatoms. The van der Waals surface area contributed by atoms with E-state index in [1.807, 2.05) is 0 Å². The van der Waals surface area contributed by atoms with Crippen molar-refractivity contribution in [2.75, 3.05) is 5.84 Å². The summed E-state index contributed by atoms with van der Waals surface area (Å²) in [6.45, 7) is 0.0561. The smallest absolute Gasteiger partial charge is 0.269 e. The van der Waals surface area contributed by atoms with Gasteiger partial charge >= 0.3 is 0 Å². The van der Waals surface area contributed by atoms with E-state index in [0.717, 1.165) is 0 Å². The van der Waals surface area contributed by atoms with Gasteiger partial charge in [0.05, 0.1) is 10.7 Å². The highest BCUT2D eigenvalue weighted by molar-refractivity contribution is 7.98. The summed E-state index contributed by atoms with van der Waals surface area (Å²) in [5, 5.41) is 23.0. The highest BCUT2D eigenvalue weighted by Crippen LogP contribution is 2.24. The van der Waals surface area contributed by atoms with E-state index in [1.165, 1.54) is 52.8 Å². The molecule has 0 fully saturated rings. The zero-order valence-corrected chi connectivity index (χ0v) is 16.5. The lowest BCUT2D eigenvalue weighted by molar-refractivity contribution is -0.384. The number of nitro benzene ring substituents is 1. The van der Waals surface area contributed by atoms with Gasteiger partial charge in [-0.2, -0.15) is 4.98 Å². The monoisotopic (exact) mass is 443 g/mol. The molecule has 11 nitrogen and oxygen atoms in total. The third kappa shape index (κ3) is 4.78. The first kappa shape index (κ1) is 20.3. The van der Waals surface area contributed by atoms with E-state index in [9.17, 15) is 14.5 Å². The molecule has 0 saturated carbocycles. The Morgan fingerprint density at radius 1 is 1.16 bits per heavy atom. The fourth-order valence-electron chi connectivity index (χ4n) is 2.47. The molecule has 2 aromatic carbocycles. The summed E-state index contributed by atoms with van der Waals surface area (Å²) in [6.07, 6.45) is 0. The highest BCUT2D eigenvalue weighted by Gasteiger charge is 2.15. The summed E-state index contributed by atoms with van der Waals surface area (Å²) >= 11 is 1.23. The minimum Gasteiger partial charge on any atom is -0.486 e. The van der Waals surface area contributed by atoms with Gasteiger partial charge in [-0.3, -0.25) is 10.1 Å². The van der Waals surface area contributed by atoms with Gasteiger partial charge < -0.3 is 15.1 Å². The molecule has 0 radical (unpaired) electrons. The second kappa shape index (κ2) is 8.79. The third-order valence-corrected chi connectivity index (χ3v) is 4.97. The van der Waals surface area contributed by atoms with Crippen LogP contribution in [0.4, 0.5) is 10.1 Å². The Hall–Kier alpha value is -4.00. The highest BCUT2D eigenvalue weighted by atomic mass is 32.2. The van der Waals surface area contributed by atoms with Gasteiger partial charge in [-0.1, -0.05) is 16.9 Å². The number of ether oxygens (including phenoxy) is 1. The van der Waals surface area contributed by atoms with Crippen LogP contribution in [0.15, 0.2) is 58.2 Å². The summed E-state index contributed by atoms with van der Waals surface area (Å²) in [5.74, 6) is 7.42. The van der Waals surface area contributed by atoms with Gasteiger partial charge in [0.1, 0.15) is 18.2 Å². The van der Waals surface area contributed by atoms with Crippen molar-refractivity contribution in [3.05, 3.63) is 76.2 Å². The number of benzene rings is 2. The van der Waals surface area contributed by atoms with Crippen LogP contribution < -0.4 is 10.6 Å². The van der Waals surface area contributed by atoms with Gasteiger partial charge in [0, 0.05) is 17.7 Å². The van der Waals surface area contributed by atoms with E-state index in [-0.39, 0.29) is 23.9 Å². The van der Waals surface area contributed by atoms with Crippen LogP contribution in [0.25, 0.3) is 11.4 Å². The molecule has 0 atom stereocenters. The summed E-state index contributed by atoms with van der Waals surface area (Å²) in [7, 11) is 0. The fraction of sp³-hybridized carbons (Fsp3) is 0.111. The number of thioether (sulfide) groups is 1. The quantitative estimate of drug-likeness (QED) is 0.186. The van der Waals surface area contributed by atoms with Crippen molar-refractivity contribution in [3.8, 4) is 17.1 Å². The topological polar surface area (TPSA) is 148 Å². The number of nitrogen functional groups attached to an aromatic ring is 1. The molecule has 0 saturated heterocycles. The molecule has 2 heterocycles. The van der Waals surface area contributed by atoms with Crippen LogP contribution in [0.2, 0.25) is 0 Å². The summed E-state index contributed by atoms with van der Waals surface area (Å²) < 4.78 is 24.9. The van der Waals surface area contributed by atoms with Crippen LogP contribution >= 0.6 is 11.8 Å². The van der Waals surface area contributed by atoms with E-state index in [1.54, 1.807) is 12.1 Å². The second-order valence-corrected chi connectivity index (χ2v) is 7.06. The third-order valence-electron chi connectivity index (χ3n) is 4.05. The predicted molar refractivity (Wildman–Crippen MR) is 107 cm³/mol. The maximum atomic E-state index is 12.9. The molecule has 0 unspecified atom stereocenters. The molecule has 4 aromatic rings.